The summed E-state index contributed by atoms with van der Waals surface area (Å²) in [4.78, 5) is 0. The molecule has 98 valence electrons. The van der Waals surface area contributed by atoms with Crippen LogP contribution < -0.4 is 10.5 Å². The molecule has 1 aliphatic rings. The summed E-state index contributed by atoms with van der Waals surface area (Å²) in [6.45, 7) is 2.63. The molecule has 19 heavy (non-hydrogen) atoms. The Balaban J connectivity index is 2.16. The van der Waals surface area contributed by atoms with Gasteiger partial charge in [0.1, 0.15) is 11.9 Å². The fourth-order valence-electron chi connectivity index (χ4n) is 2.60. The van der Waals surface area contributed by atoms with E-state index >= 15 is 0 Å². The molecule has 0 aromatic heterocycles. The Bertz CT molecular complexity index is 624. The summed E-state index contributed by atoms with van der Waals surface area (Å²) in [5.74, 6) is 0.939. The number of aryl methyl sites for hydroxylation is 1. The summed E-state index contributed by atoms with van der Waals surface area (Å²) < 4.78 is 5.97. The van der Waals surface area contributed by atoms with E-state index in [1.54, 1.807) is 0 Å². The van der Waals surface area contributed by atoms with Crippen LogP contribution in [0.5, 0.6) is 5.75 Å². The summed E-state index contributed by atoms with van der Waals surface area (Å²) in [6, 6.07) is 12.2. The molecule has 0 fully saturated rings. The third-order valence-electron chi connectivity index (χ3n) is 3.47. The molecule has 0 spiro atoms. The second kappa shape index (κ2) is 4.87. The minimum atomic E-state index is 0.0815. The van der Waals surface area contributed by atoms with Crippen molar-refractivity contribution in [2.24, 2.45) is 5.73 Å². The predicted molar refractivity (Wildman–Crippen MR) is 78.8 cm³/mol. The van der Waals surface area contributed by atoms with E-state index in [0.717, 1.165) is 28.3 Å². The molecule has 0 unspecified atom stereocenters. The monoisotopic (exact) mass is 273 g/mol. The standard InChI is InChI=1S/C16H16ClNO/c1-10-6-11-8-12(9-18)19-16(11)14(7-10)13-4-2-3-5-15(13)17/h2-7,12H,8-9,18H2,1H3/t12-/m0/s1. The fourth-order valence-corrected chi connectivity index (χ4v) is 2.84. The minimum Gasteiger partial charge on any atom is -0.488 e. The largest absolute Gasteiger partial charge is 0.488 e. The maximum absolute atomic E-state index is 6.30. The van der Waals surface area contributed by atoms with Crippen LogP contribution in [-0.2, 0) is 6.42 Å². The van der Waals surface area contributed by atoms with Crippen LogP contribution in [0.15, 0.2) is 36.4 Å². The van der Waals surface area contributed by atoms with Crippen LogP contribution in [-0.4, -0.2) is 12.6 Å². The molecule has 1 atom stereocenters. The van der Waals surface area contributed by atoms with Crippen molar-refractivity contribution in [3.63, 3.8) is 0 Å². The van der Waals surface area contributed by atoms with Gasteiger partial charge in [0.25, 0.3) is 0 Å². The molecule has 2 nitrogen and oxygen atoms in total. The summed E-state index contributed by atoms with van der Waals surface area (Å²) in [6.07, 6.45) is 0.961. The predicted octanol–water partition coefficient (Wildman–Crippen LogP) is 3.58. The molecule has 1 aliphatic heterocycles. The SMILES string of the molecule is Cc1cc2c(c(-c3ccccc3Cl)c1)O[C@H](CN)C2. The van der Waals surface area contributed by atoms with Gasteiger partial charge in [-0.2, -0.15) is 0 Å². The topological polar surface area (TPSA) is 35.2 Å². The van der Waals surface area contributed by atoms with Gasteiger partial charge in [0.2, 0.25) is 0 Å². The first-order valence-corrected chi connectivity index (χ1v) is 6.82. The lowest BCUT2D eigenvalue weighted by Gasteiger charge is -2.12. The van der Waals surface area contributed by atoms with Gasteiger partial charge in [-0.05, 0) is 30.2 Å². The second-order valence-electron chi connectivity index (χ2n) is 4.96. The van der Waals surface area contributed by atoms with Gasteiger partial charge < -0.3 is 10.5 Å². The molecule has 0 bridgehead atoms. The van der Waals surface area contributed by atoms with Gasteiger partial charge in [0.05, 0.1) is 0 Å². The molecule has 0 amide bonds. The van der Waals surface area contributed by atoms with E-state index in [1.165, 1.54) is 11.1 Å². The van der Waals surface area contributed by atoms with Crippen molar-refractivity contribution in [1.82, 2.24) is 0 Å². The highest BCUT2D eigenvalue weighted by Crippen LogP contribution is 2.41. The van der Waals surface area contributed by atoms with Crippen LogP contribution in [0.1, 0.15) is 11.1 Å². The smallest absolute Gasteiger partial charge is 0.131 e. The van der Waals surface area contributed by atoms with Crippen LogP contribution in [0.3, 0.4) is 0 Å². The van der Waals surface area contributed by atoms with Crippen LogP contribution in [0.4, 0.5) is 0 Å². The highest BCUT2D eigenvalue weighted by atomic mass is 35.5. The molecule has 3 rings (SSSR count). The molecule has 0 aliphatic carbocycles. The zero-order chi connectivity index (χ0) is 13.4. The van der Waals surface area contributed by atoms with Gasteiger partial charge in [0, 0.05) is 29.1 Å². The molecule has 0 saturated heterocycles. The Hall–Kier alpha value is -1.51. The molecule has 2 N–H and O–H groups in total. The van der Waals surface area contributed by atoms with E-state index in [4.69, 9.17) is 22.1 Å². The van der Waals surface area contributed by atoms with E-state index < -0.39 is 0 Å². The minimum absolute atomic E-state index is 0.0815. The maximum atomic E-state index is 6.30. The summed E-state index contributed by atoms with van der Waals surface area (Å²) >= 11 is 6.30. The van der Waals surface area contributed by atoms with Crippen LogP contribution in [0.25, 0.3) is 11.1 Å². The molecular weight excluding hydrogens is 258 g/mol. The highest BCUT2D eigenvalue weighted by Gasteiger charge is 2.25. The van der Waals surface area contributed by atoms with E-state index in [0.29, 0.717) is 6.54 Å². The fraction of sp³-hybridized carbons (Fsp3) is 0.250. The third-order valence-corrected chi connectivity index (χ3v) is 3.80. The van der Waals surface area contributed by atoms with Gasteiger partial charge in [0.15, 0.2) is 0 Å². The van der Waals surface area contributed by atoms with Crippen LogP contribution in [0, 0.1) is 6.92 Å². The number of benzene rings is 2. The lowest BCUT2D eigenvalue weighted by molar-refractivity contribution is 0.242. The number of rotatable bonds is 2. The zero-order valence-electron chi connectivity index (χ0n) is 10.8. The molecular formula is C16H16ClNO. The number of hydrogen-bond donors (Lipinski definition) is 1. The van der Waals surface area contributed by atoms with Crippen molar-refractivity contribution in [2.75, 3.05) is 6.54 Å². The molecule has 0 saturated carbocycles. The number of hydrogen-bond acceptors (Lipinski definition) is 2. The Labute approximate surface area is 118 Å². The maximum Gasteiger partial charge on any atom is 0.131 e. The second-order valence-corrected chi connectivity index (χ2v) is 5.37. The lowest BCUT2D eigenvalue weighted by atomic mass is 9.98. The number of halogens is 1. The van der Waals surface area contributed by atoms with Crippen molar-refractivity contribution < 1.29 is 4.74 Å². The zero-order valence-corrected chi connectivity index (χ0v) is 11.6. The number of nitrogens with two attached hydrogens (primary N) is 1. The van der Waals surface area contributed by atoms with Crippen molar-refractivity contribution in [1.29, 1.82) is 0 Å². The van der Waals surface area contributed by atoms with Gasteiger partial charge in [-0.1, -0.05) is 35.9 Å². The normalized spacial score (nSPS) is 17.1. The highest BCUT2D eigenvalue weighted by molar-refractivity contribution is 6.33. The Morgan fingerprint density at radius 1 is 1.26 bits per heavy atom. The Morgan fingerprint density at radius 2 is 2.05 bits per heavy atom. The van der Waals surface area contributed by atoms with Crippen molar-refractivity contribution in [3.05, 3.63) is 52.5 Å². The summed E-state index contributed by atoms with van der Waals surface area (Å²) in [5.41, 5.74) is 10.2. The summed E-state index contributed by atoms with van der Waals surface area (Å²) in [7, 11) is 0. The van der Waals surface area contributed by atoms with E-state index in [9.17, 15) is 0 Å². The van der Waals surface area contributed by atoms with Gasteiger partial charge in [-0.15, -0.1) is 0 Å². The van der Waals surface area contributed by atoms with E-state index in [1.807, 2.05) is 24.3 Å². The summed E-state index contributed by atoms with van der Waals surface area (Å²) in [5, 5.41) is 0.745. The van der Waals surface area contributed by atoms with E-state index in [2.05, 4.69) is 19.1 Å². The third kappa shape index (κ3) is 2.22. The molecule has 2 aromatic rings. The first kappa shape index (κ1) is 12.5. The lowest BCUT2D eigenvalue weighted by Crippen LogP contribution is -2.24. The van der Waals surface area contributed by atoms with E-state index in [-0.39, 0.29) is 6.10 Å². The van der Waals surface area contributed by atoms with Gasteiger partial charge >= 0.3 is 0 Å². The first-order valence-electron chi connectivity index (χ1n) is 6.44. The number of fused-ring (bicyclic) bond motifs is 1. The van der Waals surface area contributed by atoms with Gasteiger partial charge in [-0.3, -0.25) is 0 Å². The first-order chi connectivity index (χ1) is 9.19. The average Bonchev–Trinajstić information content (AvgIpc) is 2.81. The molecule has 0 radical (unpaired) electrons. The van der Waals surface area contributed by atoms with Crippen molar-refractivity contribution >= 4 is 11.6 Å². The van der Waals surface area contributed by atoms with Crippen LogP contribution in [0.2, 0.25) is 5.02 Å². The Morgan fingerprint density at radius 3 is 2.79 bits per heavy atom. The Kier molecular flexibility index (Phi) is 3.21. The quantitative estimate of drug-likeness (QED) is 0.908. The van der Waals surface area contributed by atoms with Crippen molar-refractivity contribution in [2.45, 2.75) is 19.4 Å². The molecule has 1 heterocycles. The molecule has 3 heteroatoms. The average molecular weight is 274 g/mol. The van der Waals surface area contributed by atoms with Crippen molar-refractivity contribution in [3.8, 4) is 16.9 Å². The molecule has 2 aromatic carbocycles. The van der Waals surface area contributed by atoms with Gasteiger partial charge in [-0.25, -0.2) is 0 Å². The number of ether oxygens (including phenoxy) is 1. The van der Waals surface area contributed by atoms with Crippen LogP contribution >= 0.6 is 11.6 Å².